The minimum Gasteiger partial charge on any atom is -0.373 e. The van der Waals surface area contributed by atoms with Crippen LogP contribution in [0, 0.1) is 0 Å². The average molecular weight is 288 g/mol. The van der Waals surface area contributed by atoms with Crippen molar-refractivity contribution in [3.8, 4) is 0 Å². The zero-order valence-corrected chi connectivity index (χ0v) is 11.6. The predicted molar refractivity (Wildman–Crippen MR) is 72.0 cm³/mol. The number of amides is 1. The summed E-state index contributed by atoms with van der Waals surface area (Å²) < 4.78 is 5.72. The molecular formula is C13H15Cl2NO2. The van der Waals surface area contributed by atoms with Gasteiger partial charge in [-0.1, -0.05) is 29.3 Å². The summed E-state index contributed by atoms with van der Waals surface area (Å²) in [7, 11) is 0. The van der Waals surface area contributed by atoms with Gasteiger partial charge in [-0.15, -0.1) is 0 Å². The summed E-state index contributed by atoms with van der Waals surface area (Å²) in [6, 6.07) is 5.67. The Morgan fingerprint density at radius 3 is 2.83 bits per heavy atom. The highest BCUT2D eigenvalue weighted by Gasteiger charge is 2.24. The molecule has 1 saturated heterocycles. The van der Waals surface area contributed by atoms with Gasteiger partial charge in [0.15, 0.2) is 0 Å². The van der Waals surface area contributed by atoms with Crippen LogP contribution in [0.1, 0.15) is 31.4 Å². The summed E-state index contributed by atoms with van der Waals surface area (Å²) >= 11 is 11.9. The number of hydrogen-bond donors (Lipinski definition) is 1. The maximum atomic E-state index is 11.1. The Morgan fingerprint density at radius 2 is 2.17 bits per heavy atom. The van der Waals surface area contributed by atoms with E-state index in [1.54, 1.807) is 6.07 Å². The molecule has 2 unspecified atom stereocenters. The molecule has 2 rings (SSSR count). The molecule has 0 radical (unpaired) electrons. The van der Waals surface area contributed by atoms with Gasteiger partial charge in [-0.25, -0.2) is 0 Å². The van der Waals surface area contributed by atoms with E-state index >= 15 is 0 Å². The third-order valence-corrected chi connectivity index (χ3v) is 3.75. The lowest BCUT2D eigenvalue weighted by molar-refractivity contribution is -0.120. The van der Waals surface area contributed by atoms with Crippen molar-refractivity contribution in [2.75, 3.05) is 6.61 Å². The standard InChI is InChI=1S/C13H15Cl2NO2/c1-8(17)16-10-4-5-18-13(7-10)9-2-3-11(14)12(15)6-9/h2-3,6,10,13H,4-5,7H2,1H3,(H,16,17). The van der Waals surface area contributed by atoms with E-state index in [0.29, 0.717) is 16.7 Å². The Balaban J connectivity index is 2.08. The molecule has 0 saturated carbocycles. The molecule has 0 aliphatic carbocycles. The highest BCUT2D eigenvalue weighted by Crippen LogP contribution is 2.32. The van der Waals surface area contributed by atoms with Crippen molar-refractivity contribution in [2.24, 2.45) is 0 Å². The predicted octanol–water partition coefficient (Wildman–Crippen LogP) is 3.35. The molecule has 18 heavy (non-hydrogen) atoms. The van der Waals surface area contributed by atoms with Crippen LogP contribution in [0.2, 0.25) is 10.0 Å². The first-order valence-electron chi connectivity index (χ1n) is 5.90. The zero-order valence-electron chi connectivity index (χ0n) is 10.1. The molecular weight excluding hydrogens is 273 g/mol. The van der Waals surface area contributed by atoms with E-state index in [4.69, 9.17) is 27.9 Å². The normalized spacial score (nSPS) is 23.7. The van der Waals surface area contributed by atoms with Crippen LogP contribution in [0.15, 0.2) is 18.2 Å². The average Bonchev–Trinajstić information content (AvgIpc) is 2.32. The van der Waals surface area contributed by atoms with Gasteiger partial charge in [0.1, 0.15) is 0 Å². The van der Waals surface area contributed by atoms with Gasteiger partial charge in [0.25, 0.3) is 0 Å². The summed E-state index contributed by atoms with van der Waals surface area (Å²) in [6.07, 6.45) is 1.57. The second-order valence-corrected chi connectivity index (χ2v) is 5.27. The molecule has 1 aromatic carbocycles. The molecule has 98 valence electrons. The van der Waals surface area contributed by atoms with Gasteiger partial charge in [0.05, 0.1) is 16.1 Å². The number of rotatable bonds is 2. The van der Waals surface area contributed by atoms with Gasteiger partial charge in [-0.3, -0.25) is 4.79 Å². The SMILES string of the molecule is CC(=O)NC1CCOC(c2ccc(Cl)c(Cl)c2)C1. The quantitative estimate of drug-likeness (QED) is 0.906. The maximum Gasteiger partial charge on any atom is 0.217 e. The number of carbonyl (C=O) groups is 1. The molecule has 0 aromatic heterocycles. The Morgan fingerprint density at radius 1 is 1.39 bits per heavy atom. The van der Waals surface area contributed by atoms with Crippen LogP contribution in [0.3, 0.4) is 0 Å². The van der Waals surface area contributed by atoms with E-state index in [0.717, 1.165) is 18.4 Å². The Labute approximate surface area is 116 Å². The summed E-state index contributed by atoms with van der Waals surface area (Å²) in [4.78, 5) is 11.1. The Bertz CT molecular complexity index is 451. The minimum absolute atomic E-state index is 0.00483. The van der Waals surface area contributed by atoms with Crippen LogP contribution >= 0.6 is 23.2 Å². The van der Waals surface area contributed by atoms with Crippen molar-refractivity contribution >= 4 is 29.1 Å². The van der Waals surface area contributed by atoms with Crippen LogP contribution in [0.25, 0.3) is 0 Å². The van der Waals surface area contributed by atoms with E-state index in [9.17, 15) is 4.79 Å². The fourth-order valence-corrected chi connectivity index (χ4v) is 2.47. The third kappa shape index (κ3) is 3.37. The summed E-state index contributed by atoms with van der Waals surface area (Å²) in [5.41, 5.74) is 0.999. The van der Waals surface area contributed by atoms with Crippen LogP contribution in [-0.2, 0) is 9.53 Å². The monoisotopic (exact) mass is 287 g/mol. The van der Waals surface area contributed by atoms with Crippen LogP contribution < -0.4 is 5.32 Å². The molecule has 1 aliphatic heterocycles. The second kappa shape index (κ2) is 5.91. The highest BCUT2D eigenvalue weighted by atomic mass is 35.5. The number of benzene rings is 1. The molecule has 3 nitrogen and oxygen atoms in total. The number of carbonyl (C=O) groups excluding carboxylic acids is 1. The molecule has 0 bridgehead atoms. The molecule has 0 spiro atoms. The van der Waals surface area contributed by atoms with Crippen LogP contribution in [-0.4, -0.2) is 18.6 Å². The highest BCUT2D eigenvalue weighted by molar-refractivity contribution is 6.42. The lowest BCUT2D eigenvalue weighted by Crippen LogP contribution is -2.38. The largest absolute Gasteiger partial charge is 0.373 e. The third-order valence-electron chi connectivity index (χ3n) is 3.01. The molecule has 5 heteroatoms. The van der Waals surface area contributed by atoms with E-state index in [-0.39, 0.29) is 18.1 Å². The zero-order chi connectivity index (χ0) is 13.1. The topological polar surface area (TPSA) is 38.3 Å². The number of nitrogens with one attached hydrogen (secondary N) is 1. The van der Waals surface area contributed by atoms with Crippen molar-refractivity contribution in [3.63, 3.8) is 0 Å². The van der Waals surface area contributed by atoms with E-state index < -0.39 is 0 Å². The fourth-order valence-electron chi connectivity index (χ4n) is 2.16. The lowest BCUT2D eigenvalue weighted by Gasteiger charge is -2.30. The first-order valence-corrected chi connectivity index (χ1v) is 6.65. The van der Waals surface area contributed by atoms with Gasteiger partial charge in [0, 0.05) is 19.6 Å². The number of hydrogen-bond acceptors (Lipinski definition) is 2. The first-order chi connectivity index (χ1) is 8.56. The summed E-state index contributed by atoms with van der Waals surface area (Å²) in [5.74, 6) is -0.00483. The van der Waals surface area contributed by atoms with Crippen molar-refractivity contribution in [1.29, 1.82) is 0 Å². The van der Waals surface area contributed by atoms with Gasteiger partial charge in [-0.2, -0.15) is 0 Å². The molecule has 1 N–H and O–H groups in total. The smallest absolute Gasteiger partial charge is 0.217 e. The molecule has 1 fully saturated rings. The maximum absolute atomic E-state index is 11.1. The second-order valence-electron chi connectivity index (χ2n) is 4.45. The summed E-state index contributed by atoms with van der Waals surface area (Å²) in [6.45, 7) is 2.17. The molecule has 2 atom stereocenters. The minimum atomic E-state index is -0.0367. The molecule has 1 aliphatic rings. The summed E-state index contributed by atoms with van der Waals surface area (Å²) in [5, 5.41) is 3.99. The Kier molecular flexibility index (Phi) is 4.49. The van der Waals surface area contributed by atoms with Crippen LogP contribution in [0.5, 0.6) is 0 Å². The van der Waals surface area contributed by atoms with Crippen molar-refractivity contribution in [2.45, 2.75) is 31.9 Å². The Hall–Kier alpha value is -0.770. The molecule has 1 aromatic rings. The van der Waals surface area contributed by atoms with Crippen molar-refractivity contribution in [1.82, 2.24) is 5.32 Å². The lowest BCUT2D eigenvalue weighted by atomic mass is 9.97. The van der Waals surface area contributed by atoms with Gasteiger partial charge < -0.3 is 10.1 Å². The number of halogens is 2. The van der Waals surface area contributed by atoms with Gasteiger partial charge in [-0.05, 0) is 30.5 Å². The van der Waals surface area contributed by atoms with E-state index in [1.165, 1.54) is 6.92 Å². The molecule has 1 amide bonds. The van der Waals surface area contributed by atoms with Gasteiger partial charge in [0.2, 0.25) is 5.91 Å². The first kappa shape index (κ1) is 13.7. The van der Waals surface area contributed by atoms with Crippen molar-refractivity contribution < 1.29 is 9.53 Å². The van der Waals surface area contributed by atoms with Crippen molar-refractivity contribution in [3.05, 3.63) is 33.8 Å². The van der Waals surface area contributed by atoms with E-state index in [1.807, 2.05) is 12.1 Å². The molecule has 1 heterocycles. The van der Waals surface area contributed by atoms with Gasteiger partial charge >= 0.3 is 0 Å². The van der Waals surface area contributed by atoms with E-state index in [2.05, 4.69) is 5.32 Å². The van der Waals surface area contributed by atoms with Crippen LogP contribution in [0.4, 0.5) is 0 Å². The number of ether oxygens (including phenoxy) is 1. The fraction of sp³-hybridized carbons (Fsp3) is 0.462.